The lowest BCUT2D eigenvalue weighted by molar-refractivity contribution is -0.145. The molecule has 0 aromatic heterocycles. The molecule has 0 bridgehead atoms. The topological polar surface area (TPSA) is 221 Å². The van der Waals surface area contributed by atoms with E-state index >= 15 is 0 Å². The quantitative estimate of drug-likeness (QED) is 0.123. The molecule has 1 unspecified atom stereocenters. The Bertz CT molecular complexity index is 777. The smallest absolute Gasteiger partial charge is 0.328 e. The molecule has 12 heteroatoms. The number of guanidine groups is 1. The summed E-state index contributed by atoms with van der Waals surface area (Å²) < 4.78 is 0. The highest BCUT2D eigenvalue weighted by molar-refractivity contribution is 6.00. The zero-order chi connectivity index (χ0) is 22.1. The van der Waals surface area contributed by atoms with Gasteiger partial charge in [0.25, 0.3) is 5.91 Å². The molecule has 0 aliphatic carbocycles. The van der Waals surface area contributed by atoms with Crippen LogP contribution in [0.4, 0.5) is 0 Å². The highest BCUT2D eigenvalue weighted by atomic mass is 16.4. The summed E-state index contributed by atoms with van der Waals surface area (Å²) in [4.78, 5) is 39.9. The molecular weight excluding hydrogens is 386 g/mol. The number of aliphatic hydroxyl groups excluding tert-OH is 1. The monoisotopic (exact) mass is 411 g/mol. The number of aliphatic imine (C=N–C) groups is 1. The van der Waals surface area contributed by atoms with Gasteiger partial charge in [0.2, 0.25) is 5.91 Å². The molecule has 0 radical (unpaired) electrons. The summed E-state index contributed by atoms with van der Waals surface area (Å²) in [6, 6.07) is 0.504. The van der Waals surface area contributed by atoms with E-state index in [1.807, 2.05) is 0 Å². The number of carboxylic acid groups (broad SMARTS) is 1. The Hall–Kier alpha value is -3.54. The van der Waals surface area contributed by atoms with E-state index in [4.69, 9.17) is 16.6 Å². The summed E-state index contributed by atoms with van der Waals surface area (Å²) in [5.74, 6) is -4.04. The predicted molar refractivity (Wildman–Crippen MR) is 102 cm³/mol. The lowest BCUT2D eigenvalue weighted by Gasteiger charge is -2.23. The molecule has 0 aliphatic heterocycles. The number of carboxylic acids is 1. The maximum atomic E-state index is 12.5. The van der Waals surface area contributed by atoms with Crippen LogP contribution in [0.15, 0.2) is 23.2 Å². The van der Waals surface area contributed by atoms with Crippen LogP contribution in [0.1, 0.15) is 30.1 Å². The highest BCUT2D eigenvalue weighted by Gasteiger charge is 2.29. The Morgan fingerprint density at radius 3 is 2.34 bits per heavy atom. The molecule has 1 aromatic rings. The summed E-state index contributed by atoms with van der Waals surface area (Å²) in [7, 11) is 0. The van der Waals surface area contributed by atoms with Crippen molar-refractivity contribution < 1.29 is 34.8 Å². The van der Waals surface area contributed by atoms with Crippen molar-refractivity contribution in [1.29, 1.82) is 0 Å². The van der Waals surface area contributed by atoms with Gasteiger partial charge >= 0.3 is 5.97 Å². The summed E-state index contributed by atoms with van der Waals surface area (Å²) >= 11 is 0. The minimum absolute atomic E-state index is 0.0410. The van der Waals surface area contributed by atoms with Gasteiger partial charge in [-0.15, -0.1) is 0 Å². The molecule has 10 N–H and O–H groups in total. The number of benzene rings is 1. The van der Waals surface area contributed by atoms with Gasteiger partial charge in [-0.3, -0.25) is 14.6 Å². The molecule has 0 spiro atoms. The number of aliphatic hydroxyl groups is 1. The maximum absolute atomic E-state index is 12.5. The first-order valence-corrected chi connectivity index (χ1v) is 8.62. The number of carbonyl (C=O) groups excluding carboxylic acids is 2. The zero-order valence-corrected chi connectivity index (χ0v) is 15.7. The predicted octanol–water partition coefficient (Wildman–Crippen LogP) is -1.80. The molecule has 3 atom stereocenters. The SMILES string of the molecule is CC(O)[C@H](NC(=O)[C@H](CCCN=C(N)N)NC(=O)c1ccc(O)cc1O)C(=O)O. The summed E-state index contributed by atoms with van der Waals surface area (Å²) in [5.41, 5.74) is 10.3. The average Bonchev–Trinajstić information content (AvgIpc) is 2.60. The first-order valence-electron chi connectivity index (χ1n) is 8.62. The minimum atomic E-state index is -1.58. The molecule has 12 nitrogen and oxygen atoms in total. The van der Waals surface area contributed by atoms with Crippen molar-refractivity contribution in [3.8, 4) is 11.5 Å². The average molecular weight is 411 g/mol. The Labute approximate surface area is 166 Å². The van der Waals surface area contributed by atoms with Crippen molar-refractivity contribution in [2.45, 2.75) is 38.0 Å². The molecule has 2 amide bonds. The Balaban J connectivity index is 2.96. The van der Waals surface area contributed by atoms with Gasteiger partial charge in [-0.1, -0.05) is 0 Å². The van der Waals surface area contributed by atoms with E-state index in [-0.39, 0.29) is 36.7 Å². The number of nitrogens with two attached hydrogens (primary N) is 2. The summed E-state index contributed by atoms with van der Waals surface area (Å²) in [6.45, 7) is 1.35. The molecule has 160 valence electrons. The second-order valence-electron chi connectivity index (χ2n) is 6.24. The van der Waals surface area contributed by atoms with Gasteiger partial charge in [0.15, 0.2) is 12.0 Å². The van der Waals surface area contributed by atoms with Crippen LogP contribution in [0.2, 0.25) is 0 Å². The number of aromatic hydroxyl groups is 2. The third kappa shape index (κ3) is 7.54. The van der Waals surface area contributed by atoms with E-state index in [0.717, 1.165) is 12.1 Å². The van der Waals surface area contributed by atoms with E-state index in [2.05, 4.69) is 15.6 Å². The fourth-order valence-corrected chi connectivity index (χ4v) is 2.36. The lowest BCUT2D eigenvalue weighted by Crippen LogP contribution is -2.54. The molecule has 0 fully saturated rings. The molecule has 0 saturated heterocycles. The van der Waals surface area contributed by atoms with Crippen molar-refractivity contribution in [2.24, 2.45) is 16.5 Å². The number of hydrogen-bond donors (Lipinski definition) is 8. The number of amides is 2. The Morgan fingerprint density at radius 2 is 1.83 bits per heavy atom. The number of nitrogens with one attached hydrogen (secondary N) is 2. The molecule has 0 saturated carbocycles. The lowest BCUT2D eigenvalue weighted by atomic mass is 10.1. The highest BCUT2D eigenvalue weighted by Crippen LogP contribution is 2.22. The van der Waals surface area contributed by atoms with Crippen LogP contribution in [0.3, 0.4) is 0 Å². The first kappa shape index (κ1) is 23.5. The molecule has 1 aromatic carbocycles. The summed E-state index contributed by atoms with van der Waals surface area (Å²) in [6.07, 6.45) is -1.07. The molecule has 1 rings (SSSR count). The van der Waals surface area contributed by atoms with E-state index in [1.54, 1.807) is 0 Å². The van der Waals surface area contributed by atoms with Crippen LogP contribution in [-0.4, -0.2) is 68.9 Å². The first-order chi connectivity index (χ1) is 13.5. The standard InChI is InChI=1S/C17H25N5O7/c1-8(23)13(16(28)29)22-15(27)11(3-2-6-20-17(18)19)21-14(26)10-5-4-9(24)7-12(10)25/h4-5,7-8,11,13,23-25H,2-3,6H2,1H3,(H,21,26)(H,22,27)(H,28,29)(H4,18,19,20)/t8?,11-,13-/m0/s1. The fraction of sp³-hybridized carbons (Fsp3) is 0.412. The zero-order valence-electron chi connectivity index (χ0n) is 15.7. The normalized spacial score (nSPS) is 13.6. The van der Waals surface area contributed by atoms with Gasteiger partial charge in [0, 0.05) is 12.6 Å². The number of hydrogen-bond acceptors (Lipinski definition) is 7. The molecule has 0 aliphatic rings. The number of rotatable bonds is 10. The maximum Gasteiger partial charge on any atom is 0.328 e. The largest absolute Gasteiger partial charge is 0.508 e. The molecule has 29 heavy (non-hydrogen) atoms. The van der Waals surface area contributed by atoms with Gasteiger partial charge in [0.05, 0.1) is 11.7 Å². The minimum Gasteiger partial charge on any atom is -0.508 e. The van der Waals surface area contributed by atoms with Crippen LogP contribution in [-0.2, 0) is 9.59 Å². The van der Waals surface area contributed by atoms with Crippen LogP contribution in [0, 0.1) is 0 Å². The number of nitrogens with zero attached hydrogens (tertiary/aromatic N) is 1. The van der Waals surface area contributed by atoms with Crippen molar-refractivity contribution in [3.05, 3.63) is 23.8 Å². The number of phenols is 2. The Morgan fingerprint density at radius 1 is 1.17 bits per heavy atom. The summed E-state index contributed by atoms with van der Waals surface area (Å²) in [5, 5.41) is 42.3. The number of aliphatic carboxylic acids is 1. The van der Waals surface area contributed by atoms with E-state index in [9.17, 15) is 29.7 Å². The van der Waals surface area contributed by atoms with Crippen LogP contribution < -0.4 is 22.1 Å². The van der Waals surface area contributed by atoms with Gasteiger partial charge in [-0.2, -0.15) is 0 Å². The third-order valence-electron chi connectivity index (χ3n) is 3.84. The number of carbonyl (C=O) groups is 3. The van der Waals surface area contributed by atoms with Crippen molar-refractivity contribution >= 4 is 23.7 Å². The second kappa shape index (κ2) is 10.7. The van der Waals surface area contributed by atoms with Gasteiger partial charge in [-0.25, -0.2) is 4.79 Å². The van der Waals surface area contributed by atoms with E-state index in [1.165, 1.54) is 13.0 Å². The van der Waals surface area contributed by atoms with E-state index < -0.39 is 41.7 Å². The van der Waals surface area contributed by atoms with Crippen LogP contribution >= 0.6 is 0 Å². The molecular formula is C17H25N5O7. The Kier molecular flexibility index (Phi) is 8.68. The number of phenolic OH excluding ortho intramolecular Hbond substituents is 2. The van der Waals surface area contributed by atoms with Gasteiger partial charge < -0.3 is 42.5 Å². The van der Waals surface area contributed by atoms with Crippen LogP contribution in [0.5, 0.6) is 11.5 Å². The van der Waals surface area contributed by atoms with Gasteiger partial charge in [-0.05, 0) is 31.9 Å². The van der Waals surface area contributed by atoms with Crippen molar-refractivity contribution in [3.63, 3.8) is 0 Å². The third-order valence-corrected chi connectivity index (χ3v) is 3.84. The van der Waals surface area contributed by atoms with Crippen LogP contribution in [0.25, 0.3) is 0 Å². The van der Waals surface area contributed by atoms with Crippen molar-refractivity contribution in [1.82, 2.24) is 10.6 Å². The van der Waals surface area contributed by atoms with E-state index in [0.29, 0.717) is 0 Å². The van der Waals surface area contributed by atoms with Gasteiger partial charge in [0.1, 0.15) is 17.5 Å². The fourth-order valence-electron chi connectivity index (χ4n) is 2.36. The second-order valence-corrected chi connectivity index (χ2v) is 6.24. The van der Waals surface area contributed by atoms with Crippen molar-refractivity contribution in [2.75, 3.05) is 6.54 Å². The molecule has 0 heterocycles.